The lowest BCUT2D eigenvalue weighted by molar-refractivity contribution is -0.0197. The van der Waals surface area contributed by atoms with Crippen molar-refractivity contribution in [1.82, 2.24) is 24.5 Å². The third-order valence-electron chi connectivity index (χ3n) is 4.26. The highest BCUT2D eigenvalue weighted by Crippen LogP contribution is 2.34. The van der Waals surface area contributed by atoms with Gasteiger partial charge in [-0.25, -0.2) is 15.0 Å². The Morgan fingerprint density at radius 3 is 3.04 bits per heavy atom. The molecule has 4 N–H and O–H groups in total. The van der Waals surface area contributed by atoms with Gasteiger partial charge in [0.25, 0.3) is 0 Å². The van der Waals surface area contributed by atoms with E-state index in [-0.39, 0.29) is 18.9 Å². The van der Waals surface area contributed by atoms with Crippen LogP contribution < -0.4 is 11.1 Å². The second kappa shape index (κ2) is 6.61. The SMILES string of the molecule is Nc1ncnc2c1nc(NCc1cccnc1)n2C1CCC(CO)O1. The van der Waals surface area contributed by atoms with E-state index in [1.54, 1.807) is 12.4 Å². The van der Waals surface area contributed by atoms with Gasteiger partial charge in [-0.2, -0.15) is 0 Å². The zero-order chi connectivity index (χ0) is 17.2. The van der Waals surface area contributed by atoms with Crippen molar-refractivity contribution in [2.75, 3.05) is 17.7 Å². The number of nitrogens with two attached hydrogens (primary N) is 1. The number of aliphatic hydroxyl groups is 1. The fourth-order valence-electron chi connectivity index (χ4n) is 3.02. The van der Waals surface area contributed by atoms with Crippen molar-refractivity contribution >= 4 is 22.9 Å². The van der Waals surface area contributed by atoms with Crippen molar-refractivity contribution in [2.24, 2.45) is 0 Å². The van der Waals surface area contributed by atoms with Gasteiger partial charge in [-0.15, -0.1) is 0 Å². The van der Waals surface area contributed by atoms with Gasteiger partial charge in [-0.3, -0.25) is 9.55 Å². The van der Waals surface area contributed by atoms with Crippen LogP contribution in [0.2, 0.25) is 0 Å². The molecule has 4 rings (SSSR count). The molecule has 0 saturated carbocycles. The average molecular weight is 341 g/mol. The number of hydrogen-bond donors (Lipinski definition) is 3. The Kier molecular flexibility index (Phi) is 4.16. The minimum atomic E-state index is -0.257. The van der Waals surface area contributed by atoms with Gasteiger partial charge in [0.1, 0.15) is 12.6 Å². The summed E-state index contributed by atoms with van der Waals surface area (Å²) in [7, 11) is 0. The molecule has 1 aliphatic heterocycles. The predicted octanol–water partition coefficient (Wildman–Crippen LogP) is 1.09. The molecule has 130 valence electrons. The van der Waals surface area contributed by atoms with Gasteiger partial charge >= 0.3 is 0 Å². The lowest BCUT2D eigenvalue weighted by atomic mass is 10.2. The van der Waals surface area contributed by atoms with E-state index < -0.39 is 0 Å². The molecule has 0 amide bonds. The molecule has 9 nitrogen and oxygen atoms in total. The van der Waals surface area contributed by atoms with Crippen molar-refractivity contribution in [2.45, 2.75) is 31.7 Å². The van der Waals surface area contributed by atoms with Crippen LogP contribution in [0.5, 0.6) is 0 Å². The number of nitrogen functional groups attached to an aromatic ring is 1. The Hall–Kier alpha value is -2.78. The molecule has 1 aliphatic rings. The van der Waals surface area contributed by atoms with Gasteiger partial charge in [0.05, 0.1) is 12.7 Å². The molecular weight excluding hydrogens is 322 g/mol. The number of ether oxygens (including phenoxy) is 1. The van der Waals surface area contributed by atoms with Crippen LogP contribution in [0.1, 0.15) is 24.6 Å². The van der Waals surface area contributed by atoms with Gasteiger partial charge in [0.15, 0.2) is 17.0 Å². The fraction of sp³-hybridized carbons (Fsp3) is 0.375. The third-order valence-corrected chi connectivity index (χ3v) is 4.26. The van der Waals surface area contributed by atoms with Gasteiger partial charge in [-0.05, 0) is 24.5 Å². The maximum absolute atomic E-state index is 9.34. The summed E-state index contributed by atoms with van der Waals surface area (Å²) < 4.78 is 7.80. The molecule has 4 heterocycles. The Morgan fingerprint density at radius 2 is 2.28 bits per heavy atom. The maximum atomic E-state index is 9.34. The summed E-state index contributed by atoms with van der Waals surface area (Å²) in [5, 5.41) is 12.6. The third kappa shape index (κ3) is 2.99. The van der Waals surface area contributed by atoms with Crippen LogP contribution in [0.25, 0.3) is 11.2 Å². The molecule has 3 aromatic rings. The molecule has 2 unspecified atom stereocenters. The number of pyridine rings is 1. The van der Waals surface area contributed by atoms with Gasteiger partial charge in [0.2, 0.25) is 5.95 Å². The van der Waals surface area contributed by atoms with E-state index in [1.165, 1.54) is 6.33 Å². The summed E-state index contributed by atoms with van der Waals surface area (Å²) in [6.45, 7) is 0.555. The second-order valence-electron chi connectivity index (χ2n) is 5.92. The Bertz CT molecular complexity index is 868. The number of aromatic nitrogens is 5. The Balaban J connectivity index is 1.69. The molecule has 1 fully saturated rings. The number of fused-ring (bicyclic) bond motifs is 1. The normalized spacial score (nSPS) is 20.2. The molecule has 25 heavy (non-hydrogen) atoms. The van der Waals surface area contributed by atoms with E-state index in [2.05, 4.69) is 25.3 Å². The minimum absolute atomic E-state index is 0.00129. The first kappa shape index (κ1) is 15.7. The summed E-state index contributed by atoms with van der Waals surface area (Å²) in [5.74, 6) is 0.930. The molecule has 0 spiro atoms. The lowest BCUT2D eigenvalue weighted by Crippen LogP contribution is -2.17. The highest BCUT2D eigenvalue weighted by atomic mass is 16.5. The number of nitrogens with one attached hydrogen (secondary N) is 1. The molecule has 2 atom stereocenters. The zero-order valence-electron chi connectivity index (χ0n) is 13.5. The van der Waals surface area contributed by atoms with E-state index in [0.717, 1.165) is 18.4 Å². The predicted molar refractivity (Wildman–Crippen MR) is 91.5 cm³/mol. The number of imidazole rings is 1. The van der Waals surface area contributed by atoms with E-state index in [0.29, 0.717) is 29.5 Å². The first-order chi connectivity index (χ1) is 12.3. The van der Waals surface area contributed by atoms with Gasteiger partial charge in [0, 0.05) is 18.9 Å². The summed E-state index contributed by atoms with van der Waals surface area (Å²) in [5.41, 5.74) is 8.13. The van der Waals surface area contributed by atoms with Crippen LogP contribution in [-0.2, 0) is 11.3 Å². The fourth-order valence-corrected chi connectivity index (χ4v) is 3.02. The van der Waals surface area contributed by atoms with Crippen LogP contribution in [-0.4, -0.2) is 42.3 Å². The highest BCUT2D eigenvalue weighted by molar-refractivity contribution is 5.84. The Morgan fingerprint density at radius 1 is 1.36 bits per heavy atom. The summed E-state index contributed by atoms with van der Waals surface area (Å²) >= 11 is 0. The highest BCUT2D eigenvalue weighted by Gasteiger charge is 2.30. The quantitative estimate of drug-likeness (QED) is 0.630. The zero-order valence-corrected chi connectivity index (χ0v) is 13.5. The molecule has 3 aromatic heterocycles. The maximum Gasteiger partial charge on any atom is 0.207 e. The van der Waals surface area contributed by atoms with Crippen LogP contribution in [0.3, 0.4) is 0 Å². The van der Waals surface area contributed by atoms with Crippen LogP contribution >= 0.6 is 0 Å². The number of anilines is 2. The van der Waals surface area contributed by atoms with Gasteiger partial charge in [-0.1, -0.05) is 6.07 Å². The number of hydrogen-bond acceptors (Lipinski definition) is 8. The monoisotopic (exact) mass is 341 g/mol. The first-order valence-electron chi connectivity index (χ1n) is 8.13. The molecular formula is C16H19N7O2. The molecule has 0 aliphatic carbocycles. The molecule has 0 aromatic carbocycles. The number of nitrogens with zero attached hydrogens (tertiary/aromatic N) is 5. The van der Waals surface area contributed by atoms with Crippen LogP contribution in [0.4, 0.5) is 11.8 Å². The summed E-state index contributed by atoms with van der Waals surface area (Å²) in [6.07, 6.45) is 6.06. The molecule has 9 heteroatoms. The number of rotatable bonds is 5. The Labute approximate surface area is 143 Å². The van der Waals surface area contributed by atoms with Crippen LogP contribution in [0.15, 0.2) is 30.9 Å². The van der Waals surface area contributed by atoms with Crippen molar-refractivity contribution in [1.29, 1.82) is 0 Å². The average Bonchev–Trinajstić information content (AvgIpc) is 3.25. The van der Waals surface area contributed by atoms with Crippen molar-refractivity contribution in [3.8, 4) is 0 Å². The molecule has 0 radical (unpaired) electrons. The van der Waals surface area contributed by atoms with Crippen molar-refractivity contribution in [3.05, 3.63) is 36.4 Å². The van der Waals surface area contributed by atoms with Crippen LogP contribution in [0, 0.1) is 0 Å². The first-order valence-corrected chi connectivity index (χ1v) is 8.13. The lowest BCUT2D eigenvalue weighted by Gasteiger charge is -2.17. The van der Waals surface area contributed by atoms with E-state index in [4.69, 9.17) is 10.5 Å². The standard InChI is InChI=1S/C16H19N7O2/c17-14-13-15(21-9-20-14)23(12-4-3-11(8-24)25-12)16(22-13)19-7-10-2-1-5-18-6-10/h1-2,5-6,9,11-12,24H,3-4,7-8H2,(H,19,22)(H2,17,20,21). The second-order valence-corrected chi connectivity index (χ2v) is 5.92. The van der Waals surface area contributed by atoms with E-state index in [1.807, 2.05) is 16.7 Å². The van der Waals surface area contributed by atoms with Crippen molar-refractivity contribution < 1.29 is 9.84 Å². The van der Waals surface area contributed by atoms with Gasteiger partial charge < -0.3 is 20.9 Å². The summed E-state index contributed by atoms with van der Waals surface area (Å²) in [4.78, 5) is 17.0. The van der Waals surface area contributed by atoms with Crippen molar-refractivity contribution in [3.63, 3.8) is 0 Å². The number of aliphatic hydroxyl groups excluding tert-OH is 1. The van der Waals surface area contributed by atoms with E-state index >= 15 is 0 Å². The summed E-state index contributed by atoms with van der Waals surface area (Å²) in [6, 6.07) is 3.87. The molecule has 1 saturated heterocycles. The van der Waals surface area contributed by atoms with E-state index in [9.17, 15) is 5.11 Å². The molecule has 0 bridgehead atoms. The smallest absolute Gasteiger partial charge is 0.207 e. The topological polar surface area (TPSA) is 124 Å². The largest absolute Gasteiger partial charge is 0.394 e. The minimum Gasteiger partial charge on any atom is -0.394 e.